The van der Waals surface area contributed by atoms with Gasteiger partial charge in [-0.25, -0.2) is 4.79 Å². The molecule has 1 aromatic carbocycles. The zero-order valence-corrected chi connectivity index (χ0v) is 21.0. The molecule has 10 nitrogen and oxygen atoms in total. The number of nitrogens with zero attached hydrogens (tertiary/aromatic N) is 4. The van der Waals surface area contributed by atoms with E-state index in [0.29, 0.717) is 67.5 Å². The number of likely N-dealkylation sites (tertiary alicyclic amines) is 1. The summed E-state index contributed by atoms with van der Waals surface area (Å²) >= 11 is 0. The number of carbonyl (C=O) groups excluding carboxylic acids is 2. The zero-order valence-electron chi connectivity index (χ0n) is 20.2. The number of hydrogen-bond acceptors (Lipinski definition) is 6. The molecule has 2 fully saturated rings. The van der Waals surface area contributed by atoms with E-state index in [2.05, 4.69) is 0 Å². The fourth-order valence-corrected chi connectivity index (χ4v) is 6.51. The van der Waals surface area contributed by atoms with Gasteiger partial charge in [-0.15, -0.1) is 0 Å². The summed E-state index contributed by atoms with van der Waals surface area (Å²) in [6.45, 7) is 8.15. The minimum Gasteiger partial charge on any atom is -0.444 e. The maximum Gasteiger partial charge on any atom is 0.410 e. The van der Waals surface area contributed by atoms with Crippen molar-refractivity contribution in [3.63, 3.8) is 0 Å². The van der Waals surface area contributed by atoms with Gasteiger partial charge in [0.2, 0.25) is 0 Å². The van der Waals surface area contributed by atoms with Crippen molar-refractivity contribution in [3.05, 3.63) is 35.5 Å². The van der Waals surface area contributed by atoms with Crippen molar-refractivity contribution in [2.45, 2.75) is 49.5 Å². The summed E-state index contributed by atoms with van der Waals surface area (Å²) in [7, 11) is -3.38. The van der Waals surface area contributed by atoms with E-state index in [4.69, 9.17) is 14.6 Å². The lowest BCUT2D eigenvalue weighted by molar-refractivity contribution is 0.0284. The van der Waals surface area contributed by atoms with Crippen LogP contribution >= 0.6 is 0 Å². The standard InChI is InChI=1S/C24H30N4O6S/c1-24(2,3)34-23(30)27-9-8-16(14-27)28-21-17-6-4-5-7-19(17)35(31,32)15-18(21)20(25-28)22(29)26-10-12-33-13-11-26/h4-7,16H,8-15H2,1-3H3/p+1. The average Bonchev–Trinajstić information content (AvgIpc) is 3.43. The highest BCUT2D eigenvalue weighted by Gasteiger charge is 2.46. The molecule has 2 saturated heterocycles. The fourth-order valence-electron chi connectivity index (χ4n) is 4.89. The second kappa shape index (κ2) is 8.72. The number of ether oxygens (including phenoxy) is 2. The van der Waals surface area contributed by atoms with Crippen LogP contribution in [-0.4, -0.2) is 81.1 Å². The molecule has 0 spiro atoms. The van der Waals surface area contributed by atoms with Crippen LogP contribution < -0.4 is 0 Å². The Bertz CT molecular complexity index is 1210. The Balaban J connectivity index is 1.56. The Hall–Kier alpha value is -2.76. The van der Waals surface area contributed by atoms with Crippen LogP contribution in [0.4, 0.5) is 4.79 Å². The second-order valence-electron chi connectivity index (χ2n) is 10.2. The molecule has 11 heteroatoms. The molecule has 188 valence electrons. The van der Waals surface area contributed by atoms with Crippen LogP contribution in [0.25, 0.3) is 11.3 Å². The molecule has 1 aromatic heterocycles. The quantitative estimate of drug-likeness (QED) is 0.627. The van der Waals surface area contributed by atoms with Crippen LogP contribution in [0.5, 0.6) is 0 Å². The maximum atomic E-state index is 13.5. The highest BCUT2D eigenvalue weighted by Crippen LogP contribution is 2.43. The highest BCUT2D eigenvalue weighted by atomic mass is 32.3. The molecule has 1 N–H and O–H groups in total. The molecule has 35 heavy (non-hydrogen) atoms. The summed E-state index contributed by atoms with van der Waals surface area (Å²) in [5, 5.41) is 4.75. The molecule has 0 radical (unpaired) electrons. The van der Waals surface area contributed by atoms with Gasteiger partial charge in [-0.1, -0.05) is 16.3 Å². The molecular formula is C24H31N4O6S+. The summed E-state index contributed by atoms with van der Waals surface area (Å²) in [4.78, 5) is 29.8. The van der Waals surface area contributed by atoms with Gasteiger partial charge >= 0.3 is 6.09 Å². The molecule has 2 aromatic rings. The van der Waals surface area contributed by atoms with Crippen molar-refractivity contribution < 1.29 is 27.8 Å². The first-order chi connectivity index (χ1) is 16.5. The Morgan fingerprint density at radius 2 is 1.86 bits per heavy atom. The smallest absolute Gasteiger partial charge is 0.410 e. The molecule has 2 atom stereocenters. The second-order valence-corrected chi connectivity index (χ2v) is 12.2. The molecular weight excluding hydrogens is 472 g/mol. The molecule has 3 aliphatic heterocycles. The van der Waals surface area contributed by atoms with Crippen molar-refractivity contribution in [2.24, 2.45) is 0 Å². The monoisotopic (exact) mass is 503 g/mol. The van der Waals surface area contributed by atoms with E-state index in [0.717, 1.165) is 0 Å². The molecule has 4 heterocycles. The topological polar surface area (TPSA) is 114 Å². The summed E-state index contributed by atoms with van der Waals surface area (Å²) in [6.07, 6.45) is 0.249. The van der Waals surface area contributed by atoms with Gasteiger partial charge in [0.25, 0.3) is 16.1 Å². The summed E-state index contributed by atoms with van der Waals surface area (Å²) in [6, 6.07) is 6.81. The SMILES string of the molecule is CC(C)(C)OC(=O)N1CCC(n2nc(C(=O)N3CCOCC3)c3c2-c2ccccc2[S+](=O)(O)C3)C1. The third-order valence-corrected chi connectivity index (χ3v) is 8.22. The van der Waals surface area contributed by atoms with Gasteiger partial charge in [0, 0.05) is 26.2 Å². The summed E-state index contributed by atoms with van der Waals surface area (Å²) in [5.41, 5.74) is 1.38. The molecule has 5 rings (SSSR count). The van der Waals surface area contributed by atoms with Gasteiger partial charge in [0.15, 0.2) is 16.3 Å². The van der Waals surface area contributed by atoms with Crippen molar-refractivity contribution in [1.82, 2.24) is 19.6 Å². The average molecular weight is 504 g/mol. The number of amides is 2. The van der Waals surface area contributed by atoms with Crippen molar-refractivity contribution in [1.29, 1.82) is 0 Å². The van der Waals surface area contributed by atoms with Gasteiger partial charge in [-0.05, 0) is 39.3 Å². The third kappa shape index (κ3) is 4.48. The first-order valence-corrected chi connectivity index (χ1v) is 13.5. The predicted octanol–water partition coefficient (Wildman–Crippen LogP) is 3.05. The van der Waals surface area contributed by atoms with E-state index in [9.17, 15) is 18.4 Å². The number of morpholine rings is 1. The predicted molar refractivity (Wildman–Crippen MR) is 128 cm³/mol. The molecule has 2 unspecified atom stereocenters. The van der Waals surface area contributed by atoms with E-state index in [1.165, 1.54) is 0 Å². The van der Waals surface area contributed by atoms with Crippen LogP contribution in [0, 0.1) is 0 Å². The third-order valence-electron chi connectivity index (χ3n) is 6.50. The number of benzene rings is 1. The van der Waals surface area contributed by atoms with Gasteiger partial charge in [0.05, 0.1) is 36.1 Å². The number of rotatable bonds is 2. The van der Waals surface area contributed by atoms with Gasteiger partial charge in [0.1, 0.15) is 5.60 Å². The largest absolute Gasteiger partial charge is 0.444 e. The van der Waals surface area contributed by atoms with E-state index in [-0.39, 0.29) is 29.5 Å². The molecule has 0 aliphatic carbocycles. The number of carbonyl (C=O) groups is 2. The lowest BCUT2D eigenvalue weighted by atomic mass is 10.0. The Kier molecular flexibility index (Phi) is 5.97. The van der Waals surface area contributed by atoms with Crippen LogP contribution in [0.2, 0.25) is 0 Å². The van der Waals surface area contributed by atoms with E-state index < -0.39 is 15.8 Å². The summed E-state index contributed by atoms with van der Waals surface area (Å²) in [5.74, 6) is -0.437. The summed E-state index contributed by atoms with van der Waals surface area (Å²) < 4.78 is 36.8. The molecule has 0 saturated carbocycles. The number of hydrogen-bond donors (Lipinski definition) is 1. The van der Waals surface area contributed by atoms with Gasteiger partial charge in [-0.2, -0.15) is 9.65 Å². The lowest BCUT2D eigenvalue weighted by Crippen LogP contribution is -2.41. The zero-order chi connectivity index (χ0) is 25.0. The normalized spacial score (nSPS) is 24.2. The minimum atomic E-state index is -3.38. The minimum absolute atomic E-state index is 0.173. The maximum absolute atomic E-state index is 13.5. The van der Waals surface area contributed by atoms with Crippen molar-refractivity contribution in [3.8, 4) is 11.3 Å². The van der Waals surface area contributed by atoms with Crippen LogP contribution in [0.15, 0.2) is 29.2 Å². The first kappa shape index (κ1) is 24.0. The highest BCUT2D eigenvalue weighted by molar-refractivity contribution is 7.97. The number of aromatic nitrogens is 2. The van der Waals surface area contributed by atoms with Crippen molar-refractivity contribution >= 4 is 22.2 Å². The van der Waals surface area contributed by atoms with E-state index in [1.54, 1.807) is 32.7 Å². The Morgan fingerprint density at radius 1 is 1.14 bits per heavy atom. The molecule has 0 bridgehead atoms. The van der Waals surface area contributed by atoms with Gasteiger partial charge < -0.3 is 19.3 Å². The van der Waals surface area contributed by atoms with E-state index >= 15 is 0 Å². The van der Waals surface area contributed by atoms with Gasteiger partial charge in [-0.3, -0.25) is 9.48 Å². The van der Waals surface area contributed by atoms with Crippen LogP contribution in [-0.2, 0) is 29.6 Å². The molecule has 2 amide bonds. The van der Waals surface area contributed by atoms with Crippen LogP contribution in [0.1, 0.15) is 49.3 Å². The molecule has 3 aliphatic rings. The first-order valence-electron chi connectivity index (χ1n) is 11.9. The lowest BCUT2D eigenvalue weighted by Gasteiger charge is -2.26. The Labute approximate surface area is 205 Å². The van der Waals surface area contributed by atoms with E-state index in [1.807, 2.05) is 26.8 Å². The fraction of sp³-hybridized carbons (Fsp3) is 0.542. The van der Waals surface area contributed by atoms with Crippen molar-refractivity contribution in [2.75, 3.05) is 39.4 Å². The number of fused-ring (bicyclic) bond motifs is 3. The van der Waals surface area contributed by atoms with Crippen LogP contribution in [0.3, 0.4) is 0 Å². The Morgan fingerprint density at radius 3 is 2.57 bits per heavy atom.